The molecule has 4 nitrogen and oxygen atoms in total. The fraction of sp³-hybridized carbons (Fsp3) is 0.133. The maximum atomic E-state index is 11.1. The number of anilines is 1. The van der Waals surface area contributed by atoms with Crippen LogP contribution in [0.1, 0.15) is 15.9 Å². The summed E-state index contributed by atoms with van der Waals surface area (Å²) < 4.78 is 6.26. The molecule has 0 unspecified atom stereocenters. The number of carbonyl (C=O) groups excluding carboxylic acids is 1. The van der Waals surface area contributed by atoms with E-state index in [9.17, 15) is 4.79 Å². The number of nitrogens with one attached hydrogen (secondary N) is 1. The molecular weight excluding hydrogens is 320 g/mol. The minimum atomic E-state index is -0.424. The van der Waals surface area contributed by atoms with Crippen molar-refractivity contribution >= 4 is 27.5 Å². The van der Waals surface area contributed by atoms with Gasteiger partial charge in [0.1, 0.15) is 5.75 Å². The lowest BCUT2D eigenvalue weighted by Gasteiger charge is -2.12. The second-order valence-corrected chi connectivity index (χ2v) is 5.18. The van der Waals surface area contributed by atoms with E-state index in [-0.39, 0.29) is 0 Å². The molecule has 0 fully saturated rings. The van der Waals surface area contributed by atoms with E-state index in [2.05, 4.69) is 21.2 Å². The molecule has 0 aliphatic heterocycles. The van der Waals surface area contributed by atoms with Crippen molar-refractivity contribution in [2.75, 3.05) is 12.4 Å². The molecule has 2 rings (SSSR count). The number of halogens is 1. The van der Waals surface area contributed by atoms with E-state index in [1.165, 1.54) is 0 Å². The van der Waals surface area contributed by atoms with Crippen molar-refractivity contribution in [1.82, 2.24) is 0 Å². The van der Waals surface area contributed by atoms with Crippen LogP contribution in [0.15, 0.2) is 46.9 Å². The maximum Gasteiger partial charge on any atom is 0.248 e. The first-order valence-electron chi connectivity index (χ1n) is 6.06. The average Bonchev–Trinajstić information content (AvgIpc) is 2.45. The molecule has 0 saturated carbocycles. The fourth-order valence-corrected chi connectivity index (χ4v) is 2.21. The quantitative estimate of drug-likeness (QED) is 0.882. The van der Waals surface area contributed by atoms with Gasteiger partial charge in [-0.1, -0.05) is 28.1 Å². The van der Waals surface area contributed by atoms with Crippen molar-refractivity contribution in [2.24, 2.45) is 5.73 Å². The Kier molecular flexibility index (Phi) is 4.63. The predicted molar refractivity (Wildman–Crippen MR) is 83.0 cm³/mol. The molecule has 20 heavy (non-hydrogen) atoms. The number of ether oxygens (including phenoxy) is 1. The number of hydrogen-bond acceptors (Lipinski definition) is 3. The Bertz CT molecular complexity index is 629. The lowest BCUT2D eigenvalue weighted by atomic mass is 10.1. The molecule has 0 heterocycles. The van der Waals surface area contributed by atoms with Gasteiger partial charge in [0.05, 0.1) is 12.8 Å². The van der Waals surface area contributed by atoms with Crippen LogP contribution >= 0.6 is 15.9 Å². The Morgan fingerprint density at radius 2 is 2.10 bits per heavy atom. The Morgan fingerprint density at radius 1 is 1.30 bits per heavy atom. The van der Waals surface area contributed by atoms with Gasteiger partial charge in [0.2, 0.25) is 5.91 Å². The lowest BCUT2D eigenvalue weighted by Crippen LogP contribution is -2.11. The van der Waals surface area contributed by atoms with Crippen LogP contribution in [0.2, 0.25) is 0 Å². The Labute approximate surface area is 126 Å². The summed E-state index contributed by atoms with van der Waals surface area (Å²) in [4.78, 5) is 11.1. The number of benzene rings is 2. The van der Waals surface area contributed by atoms with Gasteiger partial charge in [0.15, 0.2) is 0 Å². The van der Waals surface area contributed by atoms with Gasteiger partial charge in [-0.3, -0.25) is 4.79 Å². The van der Waals surface area contributed by atoms with Crippen molar-refractivity contribution in [3.8, 4) is 5.75 Å². The summed E-state index contributed by atoms with van der Waals surface area (Å²) >= 11 is 3.43. The van der Waals surface area contributed by atoms with Crippen LogP contribution in [-0.4, -0.2) is 13.0 Å². The first-order chi connectivity index (χ1) is 9.60. The number of amides is 1. The highest BCUT2D eigenvalue weighted by molar-refractivity contribution is 9.10. The molecular formula is C15H15BrN2O2. The maximum absolute atomic E-state index is 11.1. The molecule has 0 aromatic heterocycles. The zero-order valence-electron chi connectivity index (χ0n) is 11.0. The largest absolute Gasteiger partial charge is 0.495 e. The summed E-state index contributed by atoms with van der Waals surface area (Å²) in [6.07, 6.45) is 0. The van der Waals surface area contributed by atoms with E-state index in [0.29, 0.717) is 12.1 Å². The second-order valence-electron chi connectivity index (χ2n) is 4.26. The molecule has 2 aromatic carbocycles. The van der Waals surface area contributed by atoms with Crippen LogP contribution < -0.4 is 15.8 Å². The summed E-state index contributed by atoms with van der Waals surface area (Å²) in [5.74, 6) is 0.339. The third kappa shape index (κ3) is 3.51. The highest BCUT2D eigenvalue weighted by atomic mass is 79.9. The summed E-state index contributed by atoms with van der Waals surface area (Å²) in [7, 11) is 1.63. The third-order valence-corrected chi connectivity index (χ3v) is 3.35. The smallest absolute Gasteiger partial charge is 0.248 e. The first-order valence-corrected chi connectivity index (χ1v) is 6.85. The van der Waals surface area contributed by atoms with Gasteiger partial charge >= 0.3 is 0 Å². The van der Waals surface area contributed by atoms with Crippen molar-refractivity contribution in [2.45, 2.75) is 6.54 Å². The standard InChI is InChI=1S/C15H15BrN2O2/c1-20-14-6-5-12(16)8-13(14)18-9-10-3-2-4-11(7-10)15(17)19/h2-8,18H,9H2,1H3,(H2,17,19). The van der Waals surface area contributed by atoms with E-state index < -0.39 is 5.91 Å². The van der Waals surface area contributed by atoms with Gasteiger partial charge in [-0.05, 0) is 35.9 Å². The molecule has 0 aliphatic rings. The van der Waals surface area contributed by atoms with Gasteiger partial charge in [-0.15, -0.1) is 0 Å². The van der Waals surface area contributed by atoms with E-state index in [1.54, 1.807) is 19.2 Å². The fourth-order valence-electron chi connectivity index (χ4n) is 1.85. The summed E-state index contributed by atoms with van der Waals surface area (Å²) in [5.41, 5.74) is 7.63. The van der Waals surface area contributed by atoms with E-state index in [4.69, 9.17) is 10.5 Å². The molecule has 2 aromatic rings. The molecule has 3 N–H and O–H groups in total. The summed E-state index contributed by atoms with van der Waals surface area (Å²) in [5, 5.41) is 3.28. The van der Waals surface area contributed by atoms with E-state index in [0.717, 1.165) is 21.5 Å². The van der Waals surface area contributed by atoms with E-state index >= 15 is 0 Å². The van der Waals surface area contributed by atoms with Crippen molar-refractivity contribution in [3.63, 3.8) is 0 Å². The van der Waals surface area contributed by atoms with Crippen LogP contribution in [0.5, 0.6) is 5.75 Å². The van der Waals surface area contributed by atoms with Gasteiger partial charge in [0.25, 0.3) is 0 Å². The number of carbonyl (C=O) groups is 1. The van der Waals surface area contributed by atoms with Crippen LogP contribution in [0, 0.1) is 0 Å². The molecule has 0 bridgehead atoms. The van der Waals surface area contributed by atoms with Crippen molar-refractivity contribution in [1.29, 1.82) is 0 Å². The van der Waals surface area contributed by atoms with Gasteiger partial charge in [-0.25, -0.2) is 0 Å². The molecule has 0 aliphatic carbocycles. The molecule has 0 saturated heterocycles. The topological polar surface area (TPSA) is 64.3 Å². The minimum absolute atomic E-state index is 0.424. The number of nitrogens with two attached hydrogens (primary N) is 1. The number of rotatable bonds is 5. The molecule has 0 spiro atoms. The first kappa shape index (κ1) is 14.4. The molecule has 1 amide bonds. The van der Waals surface area contributed by atoms with Crippen LogP contribution in [-0.2, 0) is 6.54 Å². The van der Waals surface area contributed by atoms with Crippen LogP contribution in [0.4, 0.5) is 5.69 Å². The highest BCUT2D eigenvalue weighted by Gasteiger charge is 2.05. The Morgan fingerprint density at radius 3 is 2.80 bits per heavy atom. The molecule has 5 heteroatoms. The monoisotopic (exact) mass is 334 g/mol. The Hall–Kier alpha value is -2.01. The molecule has 0 radical (unpaired) electrons. The predicted octanol–water partition coefficient (Wildman–Crippen LogP) is 3.17. The van der Waals surface area contributed by atoms with Crippen LogP contribution in [0.3, 0.4) is 0 Å². The molecule has 104 valence electrons. The summed E-state index contributed by atoms with van der Waals surface area (Å²) in [6, 6.07) is 13.0. The number of methoxy groups -OCH3 is 1. The second kappa shape index (κ2) is 6.43. The zero-order chi connectivity index (χ0) is 14.5. The lowest BCUT2D eigenvalue weighted by molar-refractivity contribution is 0.1000. The summed E-state index contributed by atoms with van der Waals surface area (Å²) in [6.45, 7) is 0.577. The van der Waals surface area contributed by atoms with E-state index in [1.807, 2.05) is 30.3 Å². The van der Waals surface area contributed by atoms with Crippen LogP contribution in [0.25, 0.3) is 0 Å². The van der Waals surface area contributed by atoms with Crippen molar-refractivity contribution in [3.05, 3.63) is 58.1 Å². The number of hydrogen-bond donors (Lipinski definition) is 2. The normalized spacial score (nSPS) is 10.1. The average molecular weight is 335 g/mol. The van der Waals surface area contributed by atoms with Gasteiger partial charge < -0.3 is 15.8 Å². The SMILES string of the molecule is COc1ccc(Br)cc1NCc1cccc(C(N)=O)c1. The van der Waals surface area contributed by atoms with Gasteiger partial charge in [0, 0.05) is 16.6 Å². The van der Waals surface area contributed by atoms with Crippen molar-refractivity contribution < 1.29 is 9.53 Å². The zero-order valence-corrected chi connectivity index (χ0v) is 12.6. The minimum Gasteiger partial charge on any atom is -0.495 e. The highest BCUT2D eigenvalue weighted by Crippen LogP contribution is 2.28. The Balaban J connectivity index is 2.14. The third-order valence-electron chi connectivity index (χ3n) is 2.86. The number of primary amides is 1. The van der Waals surface area contributed by atoms with Gasteiger partial charge in [-0.2, -0.15) is 0 Å². The molecule has 0 atom stereocenters.